The number of aliphatic hydroxyl groups excluding tert-OH is 4. The molecular weight excluding hydrogens is 316 g/mol. The maximum atomic E-state index is 11.8. The van der Waals surface area contributed by atoms with E-state index < -0.39 is 31.1 Å². The second kappa shape index (κ2) is 8.37. The van der Waals surface area contributed by atoms with Gasteiger partial charge in [0.25, 0.3) is 12.1 Å². The SMILES string of the molecule is O=C(NCCO)c1ccc[n+]([C@@H]2O[C@H](CO)[C@@H](O)[C@H]2O)c1.[Cl-]. The van der Waals surface area contributed by atoms with E-state index in [0.29, 0.717) is 5.56 Å². The molecule has 0 unspecified atom stereocenters. The molecule has 2 heterocycles. The maximum Gasteiger partial charge on any atom is 0.292 e. The molecule has 8 nitrogen and oxygen atoms in total. The average Bonchev–Trinajstić information content (AvgIpc) is 2.80. The highest BCUT2D eigenvalue weighted by Crippen LogP contribution is 2.25. The molecular formula is C13H19ClN2O6. The fourth-order valence-electron chi connectivity index (χ4n) is 2.18. The number of aromatic nitrogens is 1. The van der Waals surface area contributed by atoms with E-state index in [1.165, 1.54) is 10.8 Å². The van der Waals surface area contributed by atoms with Gasteiger partial charge in [-0.2, -0.15) is 4.57 Å². The van der Waals surface area contributed by atoms with Gasteiger partial charge in [0.1, 0.15) is 17.8 Å². The molecule has 1 aromatic heterocycles. The van der Waals surface area contributed by atoms with Crippen LogP contribution in [0.5, 0.6) is 0 Å². The van der Waals surface area contributed by atoms with Crippen LogP contribution in [0.4, 0.5) is 0 Å². The molecule has 1 saturated heterocycles. The first kappa shape index (κ1) is 18.8. The average molecular weight is 335 g/mol. The Labute approximate surface area is 133 Å². The van der Waals surface area contributed by atoms with Gasteiger partial charge in [0.05, 0.1) is 13.2 Å². The molecule has 1 amide bonds. The molecule has 0 saturated carbocycles. The van der Waals surface area contributed by atoms with Crippen molar-refractivity contribution in [3.63, 3.8) is 0 Å². The van der Waals surface area contributed by atoms with Gasteiger partial charge >= 0.3 is 0 Å². The molecule has 2 rings (SSSR count). The Bertz CT molecular complexity index is 503. The molecule has 0 spiro atoms. The summed E-state index contributed by atoms with van der Waals surface area (Å²) < 4.78 is 6.83. The molecule has 1 aliphatic rings. The van der Waals surface area contributed by atoms with E-state index in [-0.39, 0.29) is 31.5 Å². The molecule has 0 radical (unpaired) electrons. The van der Waals surface area contributed by atoms with E-state index in [9.17, 15) is 15.0 Å². The van der Waals surface area contributed by atoms with Crippen molar-refractivity contribution in [3.05, 3.63) is 30.1 Å². The summed E-state index contributed by atoms with van der Waals surface area (Å²) in [6.07, 6.45) is -1.11. The smallest absolute Gasteiger partial charge is 0.292 e. The lowest BCUT2D eigenvalue weighted by molar-refractivity contribution is -0.765. The highest BCUT2D eigenvalue weighted by atomic mass is 35.5. The van der Waals surface area contributed by atoms with Gasteiger partial charge in [-0.3, -0.25) is 4.79 Å². The minimum absolute atomic E-state index is 0. The predicted octanol–water partition coefficient (Wildman–Crippen LogP) is -5.69. The number of halogens is 1. The highest BCUT2D eigenvalue weighted by Gasteiger charge is 2.47. The molecule has 0 aromatic carbocycles. The minimum atomic E-state index is -1.21. The lowest BCUT2D eigenvalue weighted by Crippen LogP contribution is -3.00. The number of carbonyl (C=O) groups is 1. The van der Waals surface area contributed by atoms with Gasteiger partial charge in [-0.15, -0.1) is 0 Å². The predicted molar refractivity (Wildman–Crippen MR) is 69.1 cm³/mol. The number of nitrogens with zero attached hydrogens (tertiary/aromatic N) is 1. The maximum absolute atomic E-state index is 11.8. The number of hydrogen-bond acceptors (Lipinski definition) is 6. The van der Waals surface area contributed by atoms with Crippen molar-refractivity contribution in [2.24, 2.45) is 0 Å². The molecule has 1 fully saturated rings. The highest BCUT2D eigenvalue weighted by molar-refractivity contribution is 5.93. The molecule has 22 heavy (non-hydrogen) atoms. The number of carbonyl (C=O) groups excluding carboxylic acids is 1. The summed E-state index contributed by atoms with van der Waals surface area (Å²) >= 11 is 0. The number of ether oxygens (including phenoxy) is 1. The largest absolute Gasteiger partial charge is 1.00 e. The molecule has 0 aliphatic carbocycles. The molecule has 4 atom stereocenters. The Kier molecular flexibility index (Phi) is 7.14. The number of aliphatic hydroxyl groups is 4. The number of hydrogen-bond donors (Lipinski definition) is 5. The van der Waals surface area contributed by atoms with E-state index in [2.05, 4.69) is 5.32 Å². The van der Waals surface area contributed by atoms with Crippen LogP contribution >= 0.6 is 0 Å². The summed E-state index contributed by atoms with van der Waals surface area (Å²) in [5.41, 5.74) is 0.323. The standard InChI is InChI=1S/C13H18N2O6.ClH/c16-5-3-14-12(20)8-2-1-4-15(6-8)13-11(19)10(18)9(7-17)21-13;/h1-2,4,6,9-11,13,16-19H,3,5,7H2;1H/t9-,10-,11-,13-;/m1./s1. The van der Waals surface area contributed by atoms with Crippen molar-refractivity contribution in [1.29, 1.82) is 0 Å². The third-order valence-corrected chi connectivity index (χ3v) is 3.29. The number of rotatable bonds is 5. The van der Waals surface area contributed by atoms with E-state index in [4.69, 9.17) is 14.9 Å². The van der Waals surface area contributed by atoms with Crippen molar-refractivity contribution < 1.29 is 46.9 Å². The molecule has 1 aromatic rings. The first-order chi connectivity index (χ1) is 10.1. The van der Waals surface area contributed by atoms with Crippen molar-refractivity contribution in [2.45, 2.75) is 24.5 Å². The summed E-state index contributed by atoms with van der Waals surface area (Å²) in [5, 5.41) is 39.9. The van der Waals surface area contributed by atoms with Crippen LogP contribution in [-0.4, -0.2) is 64.4 Å². The van der Waals surface area contributed by atoms with Crippen LogP contribution in [0.15, 0.2) is 24.5 Å². The number of nitrogens with one attached hydrogen (secondary N) is 1. The zero-order chi connectivity index (χ0) is 15.4. The minimum Gasteiger partial charge on any atom is -1.00 e. The summed E-state index contributed by atoms with van der Waals surface area (Å²) in [7, 11) is 0. The van der Waals surface area contributed by atoms with Gasteiger partial charge in [0.2, 0.25) is 0 Å². The number of pyridine rings is 1. The van der Waals surface area contributed by atoms with E-state index in [1.807, 2.05) is 0 Å². The van der Waals surface area contributed by atoms with Crippen molar-refractivity contribution in [1.82, 2.24) is 5.32 Å². The van der Waals surface area contributed by atoms with Crippen molar-refractivity contribution in [2.75, 3.05) is 19.8 Å². The summed E-state index contributed by atoms with van der Waals surface area (Å²) in [6, 6.07) is 3.17. The Morgan fingerprint density at radius 2 is 2.05 bits per heavy atom. The van der Waals surface area contributed by atoms with Crippen molar-refractivity contribution in [3.8, 4) is 0 Å². The van der Waals surface area contributed by atoms with Gasteiger partial charge in [-0.25, -0.2) is 0 Å². The molecule has 5 N–H and O–H groups in total. The van der Waals surface area contributed by atoms with Crippen LogP contribution in [0.2, 0.25) is 0 Å². The quantitative estimate of drug-likeness (QED) is 0.342. The number of amides is 1. The van der Waals surface area contributed by atoms with Gasteiger partial charge in [0, 0.05) is 12.6 Å². The first-order valence-electron chi connectivity index (χ1n) is 6.60. The zero-order valence-electron chi connectivity index (χ0n) is 11.7. The Morgan fingerprint density at radius 3 is 2.64 bits per heavy atom. The fraction of sp³-hybridized carbons (Fsp3) is 0.538. The Hall–Kier alpha value is -1.29. The molecule has 124 valence electrons. The van der Waals surface area contributed by atoms with Crippen LogP contribution in [0.1, 0.15) is 16.6 Å². The lowest BCUT2D eigenvalue weighted by Gasteiger charge is -2.10. The van der Waals surface area contributed by atoms with Crippen LogP contribution in [0, 0.1) is 0 Å². The summed E-state index contributed by atoms with van der Waals surface area (Å²) in [6.45, 7) is -0.430. The van der Waals surface area contributed by atoms with Crippen LogP contribution < -0.4 is 22.3 Å². The third kappa shape index (κ3) is 3.92. The van der Waals surface area contributed by atoms with Crippen LogP contribution in [-0.2, 0) is 4.74 Å². The van der Waals surface area contributed by atoms with Crippen LogP contribution in [0.3, 0.4) is 0 Å². The molecule has 1 aliphatic heterocycles. The zero-order valence-corrected chi connectivity index (χ0v) is 12.4. The van der Waals surface area contributed by atoms with Crippen LogP contribution in [0.25, 0.3) is 0 Å². The molecule has 0 bridgehead atoms. The fourth-order valence-corrected chi connectivity index (χ4v) is 2.18. The second-order valence-electron chi connectivity index (χ2n) is 4.75. The normalized spacial score (nSPS) is 27.3. The first-order valence-corrected chi connectivity index (χ1v) is 6.60. The Morgan fingerprint density at radius 1 is 1.32 bits per heavy atom. The molecule has 9 heteroatoms. The van der Waals surface area contributed by atoms with E-state index in [1.54, 1.807) is 18.3 Å². The van der Waals surface area contributed by atoms with Gasteiger partial charge in [-0.05, 0) is 6.07 Å². The van der Waals surface area contributed by atoms with E-state index in [0.717, 1.165) is 0 Å². The van der Waals surface area contributed by atoms with Gasteiger partial charge in [0.15, 0.2) is 18.5 Å². The van der Waals surface area contributed by atoms with Gasteiger partial charge in [-0.1, -0.05) is 0 Å². The second-order valence-corrected chi connectivity index (χ2v) is 4.75. The topological polar surface area (TPSA) is 123 Å². The lowest BCUT2D eigenvalue weighted by atomic mass is 10.1. The van der Waals surface area contributed by atoms with Crippen molar-refractivity contribution >= 4 is 5.91 Å². The summed E-state index contributed by atoms with van der Waals surface area (Å²) in [4.78, 5) is 11.8. The monoisotopic (exact) mass is 334 g/mol. The third-order valence-electron chi connectivity index (χ3n) is 3.29. The Balaban J connectivity index is 0.00000242. The summed E-state index contributed by atoms with van der Waals surface area (Å²) in [5.74, 6) is -0.370. The van der Waals surface area contributed by atoms with Gasteiger partial charge < -0.3 is 42.9 Å². The van der Waals surface area contributed by atoms with E-state index >= 15 is 0 Å².